The highest BCUT2D eigenvalue weighted by Gasteiger charge is 2.31. The van der Waals surface area contributed by atoms with Crippen LogP contribution in [0.15, 0.2) is 47.5 Å². The van der Waals surface area contributed by atoms with E-state index in [1.54, 1.807) is 0 Å². The lowest BCUT2D eigenvalue weighted by atomic mass is 10.3. The molecule has 1 N–H and O–H groups in total. The predicted octanol–water partition coefficient (Wildman–Crippen LogP) is 4.23. The van der Waals surface area contributed by atoms with Gasteiger partial charge in [0.2, 0.25) is 15.9 Å². The third-order valence-corrected chi connectivity index (χ3v) is 5.60. The molecule has 162 valence electrons. The van der Waals surface area contributed by atoms with Crippen LogP contribution < -0.4 is 9.46 Å². The zero-order valence-corrected chi connectivity index (χ0v) is 17.0. The van der Waals surface area contributed by atoms with Crippen LogP contribution in [0.2, 0.25) is 10.0 Å². The van der Waals surface area contributed by atoms with Gasteiger partial charge in [-0.1, -0.05) is 29.3 Å². The number of sulfonamides is 1. The quantitative estimate of drug-likeness (QED) is 0.340. The van der Waals surface area contributed by atoms with Crippen molar-refractivity contribution in [1.29, 1.82) is 0 Å². The van der Waals surface area contributed by atoms with E-state index in [1.807, 2.05) is 0 Å². The minimum absolute atomic E-state index is 0.155. The van der Waals surface area contributed by atoms with Crippen LogP contribution in [0.3, 0.4) is 0 Å². The summed E-state index contributed by atoms with van der Waals surface area (Å²) in [6, 6.07) is 3.66. The number of ether oxygens (including phenoxy) is 1. The van der Waals surface area contributed by atoms with Crippen LogP contribution in [-0.2, 0) is 16.2 Å². The molecule has 0 saturated carbocycles. The molecular formula is C16H12Cl2F3N3O5S. The average Bonchev–Trinajstić information content (AvgIpc) is 2.64. The van der Waals surface area contributed by atoms with Crippen LogP contribution in [-0.4, -0.2) is 31.5 Å². The molecule has 14 heteroatoms. The van der Waals surface area contributed by atoms with Crippen LogP contribution in [0.4, 0.5) is 18.9 Å². The van der Waals surface area contributed by atoms with Crippen molar-refractivity contribution in [2.75, 3.05) is 13.2 Å². The molecule has 2 rings (SSSR count). The lowest BCUT2D eigenvalue weighted by molar-refractivity contribution is -0.385. The molecule has 0 bridgehead atoms. The molecule has 30 heavy (non-hydrogen) atoms. The first-order valence-electron chi connectivity index (χ1n) is 7.86. The van der Waals surface area contributed by atoms with Crippen LogP contribution >= 0.6 is 23.2 Å². The molecule has 0 aliphatic carbocycles. The number of nitro benzene ring substituents is 1. The molecule has 0 spiro atoms. The summed E-state index contributed by atoms with van der Waals surface area (Å²) in [5.41, 5.74) is -1.46. The highest BCUT2D eigenvalue weighted by atomic mass is 35.5. The molecule has 1 heterocycles. The van der Waals surface area contributed by atoms with Crippen LogP contribution in [0, 0.1) is 10.1 Å². The first kappa shape index (κ1) is 23.9. The molecule has 0 saturated heterocycles. The van der Waals surface area contributed by atoms with Crippen molar-refractivity contribution >= 4 is 38.9 Å². The van der Waals surface area contributed by atoms with Crippen LogP contribution in [0.1, 0.15) is 5.56 Å². The Balaban J connectivity index is 1.93. The van der Waals surface area contributed by atoms with Crippen molar-refractivity contribution in [3.63, 3.8) is 0 Å². The Morgan fingerprint density at radius 1 is 1.20 bits per heavy atom. The molecule has 8 nitrogen and oxygen atoms in total. The third-order valence-electron chi connectivity index (χ3n) is 3.42. The monoisotopic (exact) mass is 485 g/mol. The van der Waals surface area contributed by atoms with E-state index in [2.05, 4.69) is 9.71 Å². The second-order valence-corrected chi connectivity index (χ2v) is 8.06. The number of halogens is 5. The van der Waals surface area contributed by atoms with E-state index in [4.69, 9.17) is 27.9 Å². The number of hydrogen-bond donors (Lipinski definition) is 1. The normalized spacial score (nSPS) is 12.3. The highest BCUT2D eigenvalue weighted by molar-refractivity contribution is 7.89. The summed E-state index contributed by atoms with van der Waals surface area (Å²) in [5, 5.41) is 10.3. The van der Waals surface area contributed by atoms with Gasteiger partial charge in [-0.05, 0) is 18.2 Å². The standard InChI is InChI=1S/C16H12Cl2F3N3O5S/c17-12-4-3-11(24(25)26)8-14(12)30(27,28)23-5-1-2-6-29-15-13(18)7-10(9-22-15)16(19,20)21/h1-4,7-9,23H,5-6H2/b2-1-. The van der Waals surface area contributed by atoms with Crippen molar-refractivity contribution in [2.24, 2.45) is 0 Å². The smallest absolute Gasteiger partial charge is 0.417 e. The van der Waals surface area contributed by atoms with Crippen molar-refractivity contribution in [3.05, 3.63) is 68.3 Å². The lowest BCUT2D eigenvalue weighted by Crippen LogP contribution is -2.24. The number of nitrogens with zero attached hydrogens (tertiary/aromatic N) is 2. The van der Waals surface area contributed by atoms with Gasteiger partial charge in [0.1, 0.15) is 16.5 Å². The third kappa shape index (κ3) is 6.29. The summed E-state index contributed by atoms with van der Waals surface area (Å²) >= 11 is 11.5. The number of hydrogen-bond acceptors (Lipinski definition) is 6. The van der Waals surface area contributed by atoms with Crippen molar-refractivity contribution in [3.8, 4) is 5.88 Å². The molecule has 0 aliphatic rings. The molecule has 0 atom stereocenters. The summed E-state index contributed by atoms with van der Waals surface area (Å²) in [5.74, 6) is -0.224. The van der Waals surface area contributed by atoms with Gasteiger partial charge >= 0.3 is 6.18 Å². The molecule has 0 amide bonds. The van der Waals surface area contributed by atoms with Crippen LogP contribution in [0.25, 0.3) is 0 Å². The minimum Gasteiger partial charge on any atom is -0.472 e. The first-order chi connectivity index (χ1) is 13.9. The van der Waals surface area contributed by atoms with E-state index < -0.39 is 37.3 Å². The number of alkyl halides is 3. The molecule has 0 unspecified atom stereocenters. The minimum atomic E-state index is -4.59. The summed E-state index contributed by atoms with van der Waals surface area (Å²) in [6.07, 6.45) is -1.30. The Morgan fingerprint density at radius 3 is 2.50 bits per heavy atom. The fraction of sp³-hybridized carbons (Fsp3) is 0.188. The Hall–Kier alpha value is -2.41. The molecule has 0 radical (unpaired) electrons. The number of aromatic nitrogens is 1. The van der Waals surface area contributed by atoms with E-state index in [-0.39, 0.29) is 29.1 Å². The summed E-state index contributed by atoms with van der Waals surface area (Å²) in [7, 11) is -4.13. The van der Waals surface area contributed by atoms with Gasteiger partial charge in [0.25, 0.3) is 5.69 Å². The van der Waals surface area contributed by atoms with Gasteiger partial charge in [0, 0.05) is 24.9 Å². The number of benzene rings is 1. The van der Waals surface area contributed by atoms with E-state index in [1.165, 1.54) is 12.2 Å². The second kappa shape index (κ2) is 9.60. The topological polar surface area (TPSA) is 111 Å². The van der Waals surface area contributed by atoms with Gasteiger partial charge in [-0.3, -0.25) is 10.1 Å². The highest BCUT2D eigenvalue weighted by Crippen LogP contribution is 2.33. The first-order valence-corrected chi connectivity index (χ1v) is 10.1. The molecule has 0 fully saturated rings. The number of nitrogens with one attached hydrogen (secondary N) is 1. The van der Waals surface area contributed by atoms with E-state index in [9.17, 15) is 31.7 Å². The van der Waals surface area contributed by atoms with Gasteiger partial charge in [0.05, 0.1) is 15.5 Å². The Bertz CT molecular complexity index is 1080. The number of rotatable bonds is 8. The molecule has 0 aliphatic heterocycles. The van der Waals surface area contributed by atoms with Crippen molar-refractivity contribution < 1.29 is 31.2 Å². The zero-order chi connectivity index (χ0) is 22.5. The molecule has 2 aromatic rings. The Kier molecular flexibility index (Phi) is 7.64. The van der Waals surface area contributed by atoms with Gasteiger partial charge in [-0.2, -0.15) is 13.2 Å². The number of nitro groups is 1. The second-order valence-electron chi connectivity index (χ2n) is 5.51. The van der Waals surface area contributed by atoms with Gasteiger partial charge in [-0.15, -0.1) is 0 Å². The lowest BCUT2D eigenvalue weighted by Gasteiger charge is -2.09. The van der Waals surface area contributed by atoms with E-state index in [0.717, 1.165) is 18.2 Å². The average molecular weight is 486 g/mol. The maximum Gasteiger partial charge on any atom is 0.417 e. The van der Waals surface area contributed by atoms with Gasteiger partial charge in [0.15, 0.2) is 0 Å². The van der Waals surface area contributed by atoms with Gasteiger partial charge in [-0.25, -0.2) is 18.1 Å². The molecule has 1 aromatic heterocycles. The predicted molar refractivity (Wildman–Crippen MR) is 102 cm³/mol. The Labute approximate surface area is 178 Å². The summed E-state index contributed by atoms with van der Waals surface area (Å²) < 4.78 is 69.4. The summed E-state index contributed by atoms with van der Waals surface area (Å²) in [6.45, 7) is -0.365. The fourth-order valence-electron chi connectivity index (χ4n) is 2.01. The molecular weight excluding hydrogens is 474 g/mol. The number of pyridine rings is 1. The molecule has 1 aromatic carbocycles. The maximum absolute atomic E-state index is 12.5. The van der Waals surface area contributed by atoms with E-state index >= 15 is 0 Å². The van der Waals surface area contributed by atoms with E-state index in [0.29, 0.717) is 12.3 Å². The van der Waals surface area contributed by atoms with Crippen molar-refractivity contribution in [2.45, 2.75) is 11.1 Å². The SMILES string of the molecule is O=[N+]([O-])c1ccc(Cl)c(S(=O)(=O)NC/C=C\COc2ncc(C(F)(F)F)cc2Cl)c1. The largest absolute Gasteiger partial charge is 0.472 e. The Morgan fingerprint density at radius 2 is 1.90 bits per heavy atom. The fourth-order valence-corrected chi connectivity index (χ4v) is 3.73. The van der Waals surface area contributed by atoms with Gasteiger partial charge < -0.3 is 4.74 Å². The van der Waals surface area contributed by atoms with Crippen molar-refractivity contribution in [1.82, 2.24) is 9.71 Å². The van der Waals surface area contributed by atoms with Crippen LogP contribution in [0.5, 0.6) is 5.88 Å². The maximum atomic E-state index is 12.5. The number of non-ortho nitro benzene ring substituents is 1. The summed E-state index contributed by atoms with van der Waals surface area (Å²) in [4.78, 5) is 13.1. The zero-order valence-electron chi connectivity index (χ0n) is 14.7.